The van der Waals surface area contributed by atoms with Gasteiger partial charge in [0, 0.05) is 114 Å². The van der Waals surface area contributed by atoms with Crippen molar-refractivity contribution in [3.05, 3.63) is 287 Å². The van der Waals surface area contributed by atoms with Crippen LogP contribution in [0.1, 0.15) is 87.6 Å². The van der Waals surface area contributed by atoms with Crippen molar-refractivity contribution in [2.24, 2.45) is 0 Å². The van der Waals surface area contributed by atoms with Gasteiger partial charge in [-0.15, -0.1) is 51.1 Å². The first-order valence-electron chi connectivity index (χ1n) is 42.8. The predicted octanol–water partition coefficient (Wildman–Crippen LogP) is 17.9. The van der Waals surface area contributed by atoms with Crippen LogP contribution in [0.3, 0.4) is 0 Å². The molecule has 3 fully saturated rings. The largest absolute Gasteiger partial charge is 0.573 e. The van der Waals surface area contributed by atoms with Crippen molar-refractivity contribution in [2.75, 3.05) is 176 Å². The zero-order chi connectivity index (χ0) is 89.7. The Morgan fingerprint density at radius 1 is 0.331 bits per heavy atom. The molecule has 9 aromatic carbocycles. The number of fused-ring (bicyclic) bond motifs is 3. The fraction of sp³-hybridized carbons (Fsp3) is 0.375. The van der Waals surface area contributed by atoms with E-state index < -0.39 is 24.5 Å². The second-order valence-corrected chi connectivity index (χ2v) is 32.6. The van der Waals surface area contributed by atoms with Crippen LogP contribution >= 0.6 is 11.6 Å². The van der Waals surface area contributed by atoms with Gasteiger partial charge < -0.3 is 50.2 Å². The maximum absolute atomic E-state index is 12.7. The topological polar surface area (TPSA) is 179 Å². The lowest BCUT2D eigenvalue weighted by atomic mass is 9.96. The van der Waals surface area contributed by atoms with Crippen LogP contribution in [-0.2, 0) is 19.6 Å². The van der Waals surface area contributed by atoms with Gasteiger partial charge in [0.15, 0.2) is 0 Å². The smallest absolute Gasteiger partial charge is 0.406 e. The van der Waals surface area contributed by atoms with Gasteiger partial charge in [-0.25, -0.2) is 29.9 Å². The summed E-state index contributed by atoms with van der Waals surface area (Å²) in [5.74, 6) is 4.50. The van der Waals surface area contributed by atoms with E-state index >= 15 is 0 Å². The normalized spacial score (nSPS) is 15.3. The minimum atomic E-state index is -4.71. The molecule has 3 atom stereocenters. The van der Waals surface area contributed by atoms with Gasteiger partial charge in [-0.2, -0.15) is 0 Å². The van der Waals surface area contributed by atoms with Gasteiger partial charge in [0.2, 0.25) is 0 Å². The van der Waals surface area contributed by atoms with Gasteiger partial charge in [0.25, 0.3) is 0 Å². The lowest BCUT2D eigenvalue weighted by Crippen LogP contribution is -2.47. The van der Waals surface area contributed by atoms with E-state index in [0.717, 1.165) is 239 Å². The van der Waals surface area contributed by atoms with Crippen LogP contribution in [0.25, 0.3) is 32.7 Å². The van der Waals surface area contributed by atoms with E-state index in [2.05, 4.69) is 165 Å². The number of hydrogen-bond acceptors (Lipinski definition) is 21. The molecule has 0 aliphatic carbocycles. The van der Waals surface area contributed by atoms with E-state index in [0.29, 0.717) is 18.7 Å². The first-order chi connectivity index (χ1) is 61.2. The van der Waals surface area contributed by atoms with Crippen LogP contribution in [0.4, 0.5) is 57.0 Å². The Bertz CT molecular complexity index is 5070. The molecule has 3 aliphatic rings. The van der Waals surface area contributed by atoms with Crippen molar-refractivity contribution in [2.45, 2.75) is 75.4 Å². The van der Waals surface area contributed by atoms with Crippen LogP contribution in [0.2, 0.25) is 0 Å². The molecular formula is C96H112ClF9N18O3. The first-order valence-corrected chi connectivity index (χ1v) is 43.3. The second kappa shape index (κ2) is 46.7. The van der Waals surface area contributed by atoms with Crippen LogP contribution in [-0.4, -0.2) is 248 Å². The van der Waals surface area contributed by atoms with Gasteiger partial charge in [-0.05, 0) is 187 Å². The lowest BCUT2D eigenvalue weighted by Gasteiger charge is -2.39. The summed E-state index contributed by atoms with van der Waals surface area (Å²) in [5.41, 5.74) is 8.51. The molecular weight excluding hydrogens is 1660 g/mol. The van der Waals surface area contributed by atoms with E-state index in [1.807, 2.05) is 115 Å². The third-order valence-electron chi connectivity index (χ3n) is 21.6. The van der Waals surface area contributed by atoms with Crippen LogP contribution < -0.4 is 35.5 Å². The summed E-state index contributed by atoms with van der Waals surface area (Å²) < 4.78 is 124. The zero-order valence-electron chi connectivity index (χ0n) is 72.5. The van der Waals surface area contributed by atoms with Crippen molar-refractivity contribution in [1.82, 2.24) is 74.4 Å². The molecule has 0 radical (unpaired) electrons. The van der Waals surface area contributed by atoms with Gasteiger partial charge >= 0.3 is 19.1 Å². The fourth-order valence-electron chi connectivity index (χ4n) is 15.5. The summed E-state index contributed by atoms with van der Waals surface area (Å²) >= 11 is 6.25. The Morgan fingerprint density at radius 2 is 0.591 bits per heavy atom. The Morgan fingerprint density at radius 3 is 0.890 bits per heavy atom. The summed E-state index contributed by atoms with van der Waals surface area (Å²) in [6, 6.07) is 71.7. The number of para-hydroxylation sites is 3. The van der Waals surface area contributed by atoms with E-state index in [1.54, 1.807) is 24.3 Å². The third kappa shape index (κ3) is 30.4. The number of benzene rings is 9. The Kier molecular flexibility index (Phi) is 35.0. The van der Waals surface area contributed by atoms with Gasteiger partial charge in [-0.3, -0.25) is 24.5 Å². The number of halogens is 10. The highest BCUT2D eigenvalue weighted by Crippen LogP contribution is 2.37. The number of hydrogen-bond donors (Lipinski definition) is 4. The average molecular weight is 1770 g/mol. The molecule has 674 valence electrons. The molecule has 0 amide bonds. The van der Waals surface area contributed by atoms with Crippen molar-refractivity contribution in [1.29, 1.82) is 0 Å². The first kappa shape index (κ1) is 95.2. The molecule has 31 heteroatoms. The Balaban J connectivity index is 0.000000161. The highest BCUT2D eigenvalue weighted by atomic mass is 35.5. The number of nitrogens with one attached hydrogen (secondary N) is 4. The maximum Gasteiger partial charge on any atom is 0.573 e. The highest BCUT2D eigenvalue weighted by Gasteiger charge is 2.35. The minimum Gasteiger partial charge on any atom is -0.406 e. The van der Waals surface area contributed by atoms with Crippen LogP contribution in [0.15, 0.2) is 237 Å². The zero-order valence-corrected chi connectivity index (χ0v) is 73.2. The summed E-state index contributed by atoms with van der Waals surface area (Å²) in [6.07, 6.45) is -11.0. The summed E-state index contributed by atoms with van der Waals surface area (Å²) in [6.45, 7) is 18.4. The van der Waals surface area contributed by atoms with Gasteiger partial charge in [0.05, 0.1) is 53.6 Å². The summed E-state index contributed by atoms with van der Waals surface area (Å²) in [5, 5.41) is 16.7. The molecule has 0 spiro atoms. The molecule has 0 bridgehead atoms. The molecule has 3 unspecified atom stereocenters. The van der Waals surface area contributed by atoms with Crippen LogP contribution in [0.5, 0.6) is 17.2 Å². The number of alkyl halides is 10. The van der Waals surface area contributed by atoms with E-state index in [4.69, 9.17) is 41.5 Å². The summed E-state index contributed by atoms with van der Waals surface area (Å²) in [7, 11) is 12.5. The van der Waals surface area contributed by atoms with E-state index in [9.17, 15) is 39.5 Å². The minimum absolute atomic E-state index is 0.0804. The van der Waals surface area contributed by atoms with Crippen LogP contribution in [0, 0.1) is 0 Å². The van der Waals surface area contributed by atoms with Gasteiger partial charge in [-0.1, -0.05) is 164 Å². The Hall–Kier alpha value is -10.9. The number of rotatable bonds is 32. The molecule has 3 aliphatic heterocycles. The Labute approximate surface area is 742 Å². The highest BCUT2D eigenvalue weighted by molar-refractivity contribution is 6.22. The molecule has 3 aromatic heterocycles. The van der Waals surface area contributed by atoms with Gasteiger partial charge in [0.1, 0.15) is 52.2 Å². The molecule has 3 saturated heterocycles. The number of anilines is 3. The summed E-state index contributed by atoms with van der Waals surface area (Å²) in [4.78, 5) is 47.6. The predicted molar refractivity (Wildman–Crippen MR) is 486 cm³/mol. The van der Waals surface area contributed by atoms with Crippen molar-refractivity contribution >= 4 is 61.8 Å². The number of ether oxygens (including phenoxy) is 3. The molecule has 6 heterocycles. The number of nitrogens with zero attached hydrogens (tertiary/aromatic N) is 14. The molecule has 127 heavy (non-hydrogen) atoms. The van der Waals surface area contributed by atoms with Crippen molar-refractivity contribution in [3.63, 3.8) is 0 Å². The number of piperazine rings is 3. The lowest BCUT2D eigenvalue weighted by molar-refractivity contribution is -0.275. The average Bonchev–Trinajstić information content (AvgIpc) is 0.805. The fourth-order valence-corrected chi connectivity index (χ4v) is 15.8. The SMILES string of the molecule is CN(C)CCCNc1nc(CN2CCN(C(c3ccccc3)c3ccc(OC(F)(F)F)cc3)CC2)nc2ccccc12.CN(C)CCCNc1nc(CN2CCN(C(c3ccccc3)c3ccc(OC(F)(F)F)cc3)CC2)nc2ccccc12.CN(C)CCCNc1nc(CN2CCNCC2)nc2ccccc12.FC(F)(F)Oc1ccc(C(Cl)c2ccccc2)cc1. The molecule has 15 rings (SSSR count). The molecule has 12 aromatic rings. The van der Waals surface area contributed by atoms with Crippen molar-refractivity contribution in [3.8, 4) is 17.2 Å². The van der Waals surface area contributed by atoms with E-state index in [-0.39, 0.29) is 29.3 Å². The second-order valence-electron chi connectivity index (χ2n) is 32.2. The maximum atomic E-state index is 12.7. The molecule has 4 N–H and O–H groups in total. The van der Waals surface area contributed by atoms with Crippen molar-refractivity contribution < 1.29 is 53.7 Å². The molecule has 0 saturated carbocycles. The monoisotopic (exact) mass is 1770 g/mol. The quantitative estimate of drug-likeness (QED) is 0.0178. The molecule has 21 nitrogen and oxygen atoms in total. The van der Waals surface area contributed by atoms with E-state index in [1.165, 1.54) is 48.5 Å². The standard InChI is InChI=1S/2C32H37F3N6O.C18H28N6.C14H10ClF3O/c2*1-39(2)18-8-17-36-31-27-11-6-7-12-28(27)37-29(38-31)23-40-19-21-41(22-20-40)30(24-9-4-3-5-10-24)25-13-15-26(16-14-25)42-32(33,34)35;1-23(2)11-5-8-20-18-15-6-3-4-7-16(15)21-17(22-18)14-24-12-9-19-10-13-24;15-13(10-4-2-1-3-5-10)11-6-8-12(9-7-11)19-14(16,17)18/h2*3-7,9-16,30H,8,17-23H2,1-2H3,(H,36,37,38);3-4,6-7,19H,5,8-14H2,1-2H3,(H,20,21,22);1-9,13H. The third-order valence-corrected chi connectivity index (χ3v) is 22.1. The number of aromatic nitrogens is 6.